The van der Waals surface area contributed by atoms with Gasteiger partial charge in [-0.3, -0.25) is 9.69 Å². The highest BCUT2D eigenvalue weighted by atomic mass is 35.5. The second-order valence-electron chi connectivity index (χ2n) is 5.87. The second kappa shape index (κ2) is 9.02. The van der Waals surface area contributed by atoms with E-state index in [0.29, 0.717) is 10.7 Å². The predicted octanol–water partition coefficient (Wildman–Crippen LogP) is -1.31. The fourth-order valence-corrected chi connectivity index (χ4v) is 6.19. The molecule has 0 radical (unpaired) electrons. The molecule has 2 aliphatic rings. The Morgan fingerprint density at radius 1 is 1.43 bits per heavy atom. The lowest BCUT2D eigenvalue weighted by atomic mass is 10.1. The summed E-state index contributed by atoms with van der Waals surface area (Å²) in [6.45, 7) is 0. The molecule has 2 unspecified atom stereocenters. The fraction of sp³-hybridized carbons (Fsp3) is 0.250. The summed E-state index contributed by atoms with van der Waals surface area (Å²) >= 11 is 4.26. The Morgan fingerprint density at radius 2 is 2.11 bits per heavy atom. The van der Waals surface area contributed by atoms with Gasteiger partial charge in [0.2, 0.25) is 5.91 Å². The lowest BCUT2D eigenvalue weighted by Gasteiger charge is -2.47. The van der Waals surface area contributed by atoms with E-state index in [1.165, 1.54) is 39.8 Å². The van der Waals surface area contributed by atoms with Gasteiger partial charge >= 0.3 is 5.97 Å². The van der Waals surface area contributed by atoms with Crippen molar-refractivity contribution in [2.45, 2.75) is 15.8 Å². The van der Waals surface area contributed by atoms with E-state index in [1.54, 1.807) is 0 Å². The van der Waals surface area contributed by atoms with Gasteiger partial charge in [-0.05, 0) is 0 Å². The van der Waals surface area contributed by atoms with Crippen LogP contribution in [0.2, 0.25) is 0 Å². The van der Waals surface area contributed by atoms with Gasteiger partial charge in [-0.1, -0.05) is 11.8 Å². The fourth-order valence-electron chi connectivity index (χ4n) is 2.78. The molecule has 12 heteroatoms. The summed E-state index contributed by atoms with van der Waals surface area (Å²) in [6, 6.07) is 3.34. The summed E-state index contributed by atoms with van der Waals surface area (Å²) in [5.41, 5.74) is 7.65. The number of carbonyl (C=O) groups is 2. The number of hydrogen-bond acceptors (Lipinski definition) is 7. The Hall–Kier alpha value is -1.30. The minimum atomic E-state index is -1.11. The lowest BCUT2D eigenvalue weighted by molar-refractivity contribution is -0.671. The summed E-state index contributed by atoms with van der Waals surface area (Å²) in [4.78, 5) is 30.2. The van der Waals surface area contributed by atoms with Gasteiger partial charge in [0.15, 0.2) is 16.7 Å². The molecule has 28 heavy (non-hydrogen) atoms. The zero-order valence-corrected chi connectivity index (χ0v) is 18.5. The van der Waals surface area contributed by atoms with E-state index in [9.17, 15) is 14.7 Å². The SMILES string of the molecule is C[n+]1ccc(-c2csc(SC3=C(C(=O)O)N4C(=O)C(N)C4SC3)n2)cc1.Cl.[Cl-]. The van der Waals surface area contributed by atoms with Gasteiger partial charge < -0.3 is 23.2 Å². The lowest BCUT2D eigenvalue weighted by Crippen LogP contribution is -3.00. The number of carboxylic acids is 1. The number of carboxylic acid groups (broad SMARTS) is 1. The van der Waals surface area contributed by atoms with Crippen molar-refractivity contribution in [3.05, 3.63) is 40.5 Å². The minimum absolute atomic E-state index is 0. The number of aryl methyl sites for hydroxylation is 1. The van der Waals surface area contributed by atoms with Crippen molar-refractivity contribution in [3.8, 4) is 11.3 Å². The van der Waals surface area contributed by atoms with Crippen molar-refractivity contribution in [2.24, 2.45) is 12.8 Å². The van der Waals surface area contributed by atoms with Crippen LogP contribution in [0.3, 0.4) is 0 Å². The summed E-state index contributed by atoms with van der Waals surface area (Å²) in [6.07, 6.45) is 3.90. The second-order valence-corrected chi connectivity index (χ2v) is 9.17. The molecule has 2 aromatic heterocycles. The number of thioether (sulfide) groups is 2. The summed E-state index contributed by atoms with van der Waals surface area (Å²) in [5, 5.41) is 11.3. The number of pyridine rings is 1. The number of aromatic nitrogens is 2. The minimum Gasteiger partial charge on any atom is -1.00 e. The standard InChI is InChI=1S/C16H14N4O3S3.2ClH/c1-19-4-2-8(3-5-19)9-6-25-16(18-9)26-10-7-24-14-11(17)13(21)20(14)12(10)15(22)23;;/h2-6,11,14H,7,17H2,1H3;2*1H. The third-order valence-corrected chi connectivity index (χ3v) is 7.65. The first-order valence-corrected chi connectivity index (χ1v) is 10.5. The van der Waals surface area contributed by atoms with Crippen LogP contribution in [-0.4, -0.2) is 44.0 Å². The van der Waals surface area contributed by atoms with E-state index < -0.39 is 12.0 Å². The van der Waals surface area contributed by atoms with Gasteiger partial charge in [0, 0.05) is 33.7 Å². The molecule has 3 N–H and O–H groups in total. The van der Waals surface area contributed by atoms with Gasteiger partial charge in [0.25, 0.3) is 0 Å². The van der Waals surface area contributed by atoms with Gasteiger partial charge in [-0.15, -0.1) is 35.5 Å². The molecule has 2 aromatic rings. The van der Waals surface area contributed by atoms with E-state index >= 15 is 0 Å². The molecule has 4 rings (SSSR count). The number of carbonyl (C=O) groups excluding carboxylic acids is 1. The van der Waals surface area contributed by atoms with Crippen molar-refractivity contribution >= 4 is 59.1 Å². The molecule has 150 valence electrons. The van der Waals surface area contributed by atoms with Crippen molar-refractivity contribution in [1.29, 1.82) is 0 Å². The van der Waals surface area contributed by atoms with Crippen LogP contribution in [0.1, 0.15) is 0 Å². The van der Waals surface area contributed by atoms with E-state index in [1.807, 2.05) is 41.5 Å². The first-order valence-electron chi connectivity index (χ1n) is 7.71. The quantitative estimate of drug-likeness (QED) is 0.415. The Morgan fingerprint density at radius 3 is 2.75 bits per heavy atom. The zero-order valence-electron chi connectivity index (χ0n) is 14.4. The maximum absolute atomic E-state index is 12.0. The topological polar surface area (TPSA) is 100 Å². The van der Waals surface area contributed by atoms with Crippen LogP contribution in [0, 0.1) is 0 Å². The van der Waals surface area contributed by atoms with Crippen LogP contribution in [0.5, 0.6) is 0 Å². The molecule has 7 nitrogen and oxygen atoms in total. The number of fused-ring (bicyclic) bond motifs is 1. The first-order chi connectivity index (χ1) is 12.5. The highest BCUT2D eigenvalue weighted by Gasteiger charge is 2.52. The van der Waals surface area contributed by atoms with Crippen LogP contribution < -0.4 is 22.7 Å². The number of nitrogens with two attached hydrogens (primary N) is 1. The molecule has 0 aliphatic carbocycles. The molecule has 2 aliphatic heterocycles. The number of thiazole rings is 1. The highest BCUT2D eigenvalue weighted by Crippen LogP contribution is 2.45. The first kappa shape index (κ1) is 23.0. The van der Waals surface area contributed by atoms with E-state index in [2.05, 4.69) is 4.98 Å². The molecular weight excluding hydrogens is 463 g/mol. The van der Waals surface area contributed by atoms with Crippen molar-refractivity contribution in [2.75, 3.05) is 5.75 Å². The molecule has 2 atom stereocenters. The number of nitrogens with zero attached hydrogens (tertiary/aromatic N) is 3. The number of aliphatic carboxylic acids is 1. The van der Waals surface area contributed by atoms with Crippen molar-refractivity contribution in [3.63, 3.8) is 0 Å². The molecule has 1 fully saturated rings. The maximum Gasteiger partial charge on any atom is 0.353 e. The van der Waals surface area contributed by atoms with Crippen LogP contribution in [0.25, 0.3) is 11.3 Å². The van der Waals surface area contributed by atoms with Crippen molar-refractivity contribution in [1.82, 2.24) is 9.88 Å². The maximum atomic E-state index is 12.0. The number of hydrogen-bond donors (Lipinski definition) is 2. The van der Waals surface area contributed by atoms with E-state index in [0.717, 1.165) is 15.6 Å². The molecule has 0 aromatic carbocycles. The van der Waals surface area contributed by atoms with Crippen LogP contribution >= 0.6 is 47.3 Å². The van der Waals surface area contributed by atoms with Crippen molar-refractivity contribution < 1.29 is 31.7 Å². The van der Waals surface area contributed by atoms with Gasteiger partial charge in [-0.25, -0.2) is 14.3 Å². The monoisotopic (exact) mass is 478 g/mol. The molecule has 1 saturated heterocycles. The number of halogens is 2. The Bertz CT molecular complexity index is 935. The van der Waals surface area contributed by atoms with E-state index in [-0.39, 0.29) is 41.8 Å². The Labute approximate surface area is 186 Å². The number of β-lactam (4-membered cyclic amide) rings is 1. The van der Waals surface area contributed by atoms with E-state index in [4.69, 9.17) is 5.73 Å². The van der Waals surface area contributed by atoms with Crippen LogP contribution in [0.4, 0.5) is 0 Å². The van der Waals surface area contributed by atoms with Crippen LogP contribution in [0.15, 0.2) is 44.8 Å². The molecule has 0 saturated carbocycles. The molecular formula is C16H16Cl2N4O3S3. The number of rotatable bonds is 4. The Balaban J connectivity index is 0.00000140. The third-order valence-electron chi connectivity index (χ3n) is 4.14. The summed E-state index contributed by atoms with van der Waals surface area (Å²) in [7, 11) is 1.95. The molecule has 1 amide bonds. The molecule has 4 heterocycles. The van der Waals surface area contributed by atoms with Crippen LogP contribution in [-0.2, 0) is 16.6 Å². The summed E-state index contributed by atoms with van der Waals surface area (Å²) in [5.74, 6) is -0.940. The molecule has 0 bridgehead atoms. The highest BCUT2D eigenvalue weighted by molar-refractivity contribution is 8.07. The van der Waals surface area contributed by atoms with Gasteiger partial charge in [-0.2, -0.15) is 0 Å². The molecule has 0 spiro atoms. The largest absolute Gasteiger partial charge is 1.00 e. The predicted molar refractivity (Wildman–Crippen MR) is 108 cm³/mol. The Kier molecular flexibility index (Phi) is 7.40. The zero-order chi connectivity index (χ0) is 18.4. The van der Waals surface area contributed by atoms with Gasteiger partial charge in [0.1, 0.15) is 24.2 Å². The smallest absolute Gasteiger partial charge is 0.353 e. The normalized spacial score (nSPS) is 20.6. The average Bonchev–Trinajstić information content (AvgIpc) is 3.09. The average molecular weight is 479 g/mol. The number of amides is 1. The third kappa shape index (κ3) is 4.03. The summed E-state index contributed by atoms with van der Waals surface area (Å²) < 4.78 is 2.69. The van der Waals surface area contributed by atoms with Gasteiger partial charge in [0.05, 0.1) is 5.69 Å².